The van der Waals surface area contributed by atoms with Crippen LogP contribution in [-0.4, -0.2) is 53.1 Å². The number of piperazine rings is 1. The van der Waals surface area contributed by atoms with Crippen molar-refractivity contribution in [3.05, 3.63) is 48.3 Å². The van der Waals surface area contributed by atoms with Crippen LogP contribution in [-0.2, 0) is 4.79 Å². The number of nitrogens with one attached hydrogen (secondary N) is 1. The van der Waals surface area contributed by atoms with Crippen molar-refractivity contribution in [1.29, 1.82) is 0 Å². The maximum atomic E-state index is 12.7. The van der Waals surface area contributed by atoms with Crippen molar-refractivity contribution in [2.24, 2.45) is 0 Å². The Kier molecular flexibility index (Phi) is 5.23. The molecule has 0 aliphatic carbocycles. The maximum Gasteiger partial charge on any atom is 0.254 e. The molecule has 25 heavy (non-hydrogen) atoms. The molecule has 2 aromatic rings. The van der Waals surface area contributed by atoms with E-state index in [0.717, 1.165) is 18.8 Å². The van der Waals surface area contributed by atoms with Gasteiger partial charge >= 0.3 is 0 Å². The Morgan fingerprint density at radius 2 is 1.92 bits per heavy atom. The standard InChI is InChI=1S/C18H21N5O2/c1-2-17(24)21-15-5-3-4-14(12-15)18(25)23-10-8-22(9-11-23)16-6-7-19-20-13-16/h3-7,12-13H,2,8-11H2,1H3,(H,21,24). The van der Waals surface area contributed by atoms with E-state index in [0.29, 0.717) is 30.8 Å². The third kappa shape index (κ3) is 4.12. The fraction of sp³-hybridized carbons (Fsp3) is 0.333. The molecule has 1 fully saturated rings. The smallest absolute Gasteiger partial charge is 0.254 e. The van der Waals surface area contributed by atoms with E-state index in [9.17, 15) is 9.59 Å². The zero-order chi connectivity index (χ0) is 17.6. The topological polar surface area (TPSA) is 78.4 Å². The molecule has 2 heterocycles. The summed E-state index contributed by atoms with van der Waals surface area (Å²) in [4.78, 5) is 28.3. The average molecular weight is 339 g/mol. The zero-order valence-electron chi connectivity index (χ0n) is 14.2. The van der Waals surface area contributed by atoms with Gasteiger partial charge in [0.1, 0.15) is 0 Å². The average Bonchev–Trinajstić information content (AvgIpc) is 2.68. The molecule has 7 nitrogen and oxygen atoms in total. The molecule has 0 saturated carbocycles. The summed E-state index contributed by atoms with van der Waals surface area (Å²) in [5.41, 5.74) is 2.26. The van der Waals surface area contributed by atoms with Crippen LogP contribution in [0, 0.1) is 0 Å². The molecule has 0 radical (unpaired) electrons. The lowest BCUT2D eigenvalue weighted by Gasteiger charge is -2.35. The highest BCUT2D eigenvalue weighted by molar-refractivity contribution is 5.97. The summed E-state index contributed by atoms with van der Waals surface area (Å²) in [5.74, 6) is -0.0794. The minimum Gasteiger partial charge on any atom is -0.367 e. The molecule has 7 heteroatoms. The molecule has 2 amide bonds. The van der Waals surface area contributed by atoms with Crippen LogP contribution in [0.1, 0.15) is 23.7 Å². The molecule has 1 aromatic heterocycles. The van der Waals surface area contributed by atoms with Crippen molar-refractivity contribution in [3.8, 4) is 0 Å². The first-order chi connectivity index (χ1) is 12.2. The minimum atomic E-state index is -0.0656. The largest absolute Gasteiger partial charge is 0.367 e. The van der Waals surface area contributed by atoms with Crippen molar-refractivity contribution in [2.45, 2.75) is 13.3 Å². The predicted octanol–water partition coefficient (Wildman–Crippen LogP) is 1.79. The Hall–Kier alpha value is -2.96. The second kappa shape index (κ2) is 7.74. The van der Waals surface area contributed by atoms with Crippen LogP contribution >= 0.6 is 0 Å². The lowest BCUT2D eigenvalue weighted by atomic mass is 10.1. The Bertz CT molecular complexity index is 742. The Labute approximate surface area is 146 Å². The highest BCUT2D eigenvalue weighted by atomic mass is 16.2. The first-order valence-corrected chi connectivity index (χ1v) is 8.38. The van der Waals surface area contributed by atoms with Crippen molar-refractivity contribution < 1.29 is 9.59 Å². The van der Waals surface area contributed by atoms with Gasteiger partial charge in [-0.25, -0.2) is 0 Å². The van der Waals surface area contributed by atoms with Gasteiger partial charge in [-0.05, 0) is 24.3 Å². The van der Waals surface area contributed by atoms with Gasteiger partial charge in [0.25, 0.3) is 5.91 Å². The van der Waals surface area contributed by atoms with E-state index < -0.39 is 0 Å². The molecular formula is C18H21N5O2. The molecule has 1 aromatic carbocycles. The maximum absolute atomic E-state index is 12.7. The van der Waals surface area contributed by atoms with Crippen LogP contribution in [0.25, 0.3) is 0 Å². The van der Waals surface area contributed by atoms with Crippen molar-refractivity contribution in [2.75, 3.05) is 36.4 Å². The number of amides is 2. The summed E-state index contributed by atoms with van der Waals surface area (Å²) in [6.07, 6.45) is 3.81. The summed E-state index contributed by atoms with van der Waals surface area (Å²) in [6.45, 7) is 4.59. The first-order valence-electron chi connectivity index (χ1n) is 8.38. The number of aromatic nitrogens is 2. The third-order valence-corrected chi connectivity index (χ3v) is 4.22. The van der Waals surface area contributed by atoms with Crippen LogP contribution in [0.3, 0.4) is 0 Å². The van der Waals surface area contributed by atoms with Crippen LogP contribution in [0.5, 0.6) is 0 Å². The second-order valence-electron chi connectivity index (χ2n) is 5.86. The molecule has 0 unspecified atom stereocenters. The molecule has 0 bridgehead atoms. The summed E-state index contributed by atoms with van der Waals surface area (Å²) >= 11 is 0. The van der Waals surface area contributed by atoms with E-state index in [2.05, 4.69) is 20.4 Å². The summed E-state index contributed by atoms with van der Waals surface area (Å²) in [6, 6.07) is 9.01. The quantitative estimate of drug-likeness (QED) is 0.919. The lowest BCUT2D eigenvalue weighted by molar-refractivity contribution is -0.115. The highest BCUT2D eigenvalue weighted by Gasteiger charge is 2.22. The Morgan fingerprint density at radius 3 is 2.60 bits per heavy atom. The van der Waals surface area contributed by atoms with Crippen molar-refractivity contribution in [3.63, 3.8) is 0 Å². The monoisotopic (exact) mass is 339 g/mol. The van der Waals surface area contributed by atoms with E-state index in [1.54, 1.807) is 43.6 Å². The number of nitrogens with zero attached hydrogens (tertiary/aromatic N) is 4. The summed E-state index contributed by atoms with van der Waals surface area (Å²) in [5, 5.41) is 10.5. The number of hydrogen-bond acceptors (Lipinski definition) is 5. The summed E-state index contributed by atoms with van der Waals surface area (Å²) in [7, 11) is 0. The van der Waals surface area contributed by atoms with Gasteiger partial charge in [0, 0.05) is 43.9 Å². The van der Waals surface area contributed by atoms with Gasteiger partial charge in [-0.3, -0.25) is 9.59 Å². The number of rotatable bonds is 4. The molecular weight excluding hydrogens is 318 g/mol. The van der Waals surface area contributed by atoms with Gasteiger partial charge in [0.2, 0.25) is 5.91 Å². The number of carbonyl (C=O) groups excluding carboxylic acids is 2. The van der Waals surface area contributed by atoms with E-state index in [-0.39, 0.29) is 11.8 Å². The van der Waals surface area contributed by atoms with Gasteiger partial charge in [0.05, 0.1) is 18.1 Å². The van der Waals surface area contributed by atoms with Crippen LogP contribution in [0.4, 0.5) is 11.4 Å². The molecule has 1 aliphatic rings. The summed E-state index contributed by atoms with van der Waals surface area (Å²) < 4.78 is 0. The highest BCUT2D eigenvalue weighted by Crippen LogP contribution is 2.17. The second-order valence-corrected chi connectivity index (χ2v) is 5.86. The van der Waals surface area contributed by atoms with E-state index >= 15 is 0 Å². The number of hydrogen-bond donors (Lipinski definition) is 1. The number of anilines is 2. The van der Waals surface area contributed by atoms with E-state index in [4.69, 9.17) is 0 Å². The minimum absolute atomic E-state index is 0.0138. The normalized spacial score (nSPS) is 14.3. The molecule has 0 atom stereocenters. The SMILES string of the molecule is CCC(=O)Nc1cccc(C(=O)N2CCN(c3ccnnc3)CC2)c1. The Balaban J connectivity index is 1.63. The molecule has 3 rings (SSSR count). The van der Waals surface area contributed by atoms with E-state index in [1.165, 1.54) is 0 Å². The van der Waals surface area contributed by atoms with Crippen molar-refractivity contribution >= 4 is 23.2 Å². The number of carbonyl (C=O) groups is 2. The molecule has 1 saturated heterocycles. The van der Waals surface area contributed by atoms with Crippen LogP contribution in [0.15, 0.2) is 42.7 Å². The fourth-order valence-electron chi connectivity index (χ4n) is 2.80. The van der Waals surface area contributed by atoms with Gasteiger partial charge in [-0.15, -0.1) is 0 Å². The van der Waals surface area contributed by atoms with Gasteiger partial charge in [-0.2, -0.15) is 10.2 Å². The van der Waals surface area contributed by atoms with Gasteiger partial charge in [-0.1, -0.05) is 13.0 Å². The number of benzene rings is 1. The fourth-order valence-corrected chi connectivity index (χ4v) is 2.80. The zero-order valence-corrected chi connectivity index (χ0v) is 14.2. The molecule has 130 valence electrons. The van der Waals surface area contributed by atoms with Crippen LogP contribution < -0.4 is 10.2 Å². The van der Waals surface area contributed by atoms with E-state index in [1.807, 2.05) is 11.0 Å². The van der Waals surface area contributed by atoms with Gasteiger partial charge < -0.3 is 15.1 Å². The molecule has 0 spiro atoms. The lowest BCUT2D eigenvalue weighted by Crippen LogP contribution is -2.48. The van der Waals surface area contributed by atoms with Gasteiger partial charge in [0.15, 0.2) is 0 Å². The Morgan fingerprint density at radius 1 is 1.12 bits per heavy atom. The first kappa shape index (κ1) is 16.9. The third-order valence-electron chi connectivity index (χ3n) is 4.22. The molecule has 1 N–H and O–H groups in total. The van der Waals surface area contributed by atoms with Crippen molar-refractivity contribution in [1.82, 2.24) is 15.1 Å². The van der Waals surface area contributed by atoms with Crippen LogP contribution in [0.2, 0.25) is 0 Å². The molecule has 1 aliphatic heterocycles. The predicted molar refractivity (Wildman–Crippen MR) is 95.5 cm³/mol.